The Balaban J connectivity index is 2.49. The molecular weight excluding hydrogens is 240 g/mol. The number of hydrogen-bond acceptors (Lipinski definition) is 4. The molecule has 0 amide bonds. The zero-order valence-corrected chi connectivity index (χ0v) is 10.3. The molecule has 2 rings (SSSR count). The Morgan fingerprint density at radius 3 is 2.82 bits per heavy atom. The molecule has 0 saturated heterocycles. The highest BCUT2D eigenvalue weighted by Gasteiger charge is 2.28. The minimum absolute atomic E-state index is 0.361. The smallest absolute Gasteiger partial charge is 0.396 e. The minimum atomic E-state index is -0.860. The van der Waals surface area contributed by atoms with Crippen molar-refractivity contribution in [2.45, 2.75) is 20.3 Å². The van der Waals surface area contributed by atoms with Gasteiger partial charge in [0.2, 0.25) is 0 Å². The van der Waals surface area contributed by atoms with E-state index >= 15 is 0 Å². The lowest BCUT2D eigenvalue weighted by Gasteiger charge is -2.18. The quantitative estimate of drug-likeness (QED) is 0.911. The fourth-order valence-corrected chi connectivity index (χ4v) is 2.42. The maximum atomic E-state index is 11.2. The van der Waals surface area contributed by atoms with E-state index in [1.54, 1.807) is 26.0 Å². The molecule has 0 unspecified atom stereocenters. The molecule has 0 saturated carbocycles. The maximum absolute atomic E-state index is 11.2. The Morgan fingerprint density at radius 2 is 2.18 bits per heavy atom. The molecule has 0 spiro atoms. The van der Waals surface area contributed by atoms with Gasteiger partial charge in [0.25, 0.3) is 0 Å². The van der Waals surface area contributed by atoms with E-state index in [-0.39, 0.29) is 4.94 Å². The van der Waals surface area contributed by atoms with E-state index in [2.05, 4.69) is 0 Å². The van der Waals surface area contributed by atoms with Crippen molar-refractivity contribution in [2.24, 2.45) is 5.41 Å². The largest absolute Gasteiger partial charge is 0.481 e. The van der Waals surface area contributed by atoms with Gasteiger partial charge in [-0.1, -0.05) is 23.5 Å². The third-order valence-electron chi connectivity index (χ3n) is 2.65. The van der Waals surface area contributed by atoms with Crippen molar-refractivity contribution in [3.63, 3.8) is 0 Å². The maximum Gasteiger partial charge on any atom is 0.396 e. The number of fused-ring (bicyclic) bond motifs is 1. The molecule has 0 radical (unpaired) electrons. The van der Waals surface area contributed by atoms with Gasteiger partial charge in [-0.2, -0.15) is 0 Å². The van der Waals surface area contributed by atoms with Crippen molar-refractivity contribution in [2.75, 3.05) is 0 Å². The van der Waals surface area contributed by atoms with Crippen LogP contribution >= 0.6 is 11.3 Å². The molecule has 0 aliphatic carbocycles. The number of carboxylic acids is 1. The van der Waals surface area contributed by atoms with Crippen LogP contribution in [0, 0.1) is 5.41 Å². The highest BCUT2D eigenvalue weighted by atomic mass is 32.1. The summed E-state index contributed by atoms with van der Waals surface area (Å²) in [5, 5.41) is 9.10. The summed E-state index contributed by atoms with van der Waals surface area (Å²) >= 11 is 1.02. The Bertz CT molecular complexity index is 621. The summed E-state index contributed by atoms with van der Waals surface area (Å²) < 4.78 is 5.74. The van der Waals surface area contributed by atoms with Crippen LogP contribution < -0.4 is 4.94 Å². The topological polar surface area (TPSA) is 67.5 Å². The predicted molar refractivity (Wildman–Crippen MR) is 65.5 cm³/mol. The molecule has 2 aromatic rings. The molecule has 1 aromatic heterocycles. The number of benzene rings is 1. The van der Waals surface area contributed by atoms with Gasteiger partial charge < -0.3 is 9.52 Å². The van der Waals surface area contributed by atoms with Crippen LogP contribution in [0.4, 0.5) is 0 Å². The number of aliphatic carboxylic acids is 1. The van der Waals surface area contributed by atoms with Crippen molar-refractivity contribution in [1.82, 2.24) is 0 Å². The molecule has 5 heteroatoms. The summed E-state index contributed by atoms with van der Waals surface area (Å²) in [4.78, 5) is 21.9. The molecule has 0 aliphatic rings. The van der Waals surface area contributed by atoms with E-state index in [4.69, 9.17) is 9.52 Å². The van der Waals surface area contributed by atoms with E-state index in [1.165, 1.54) is 0 Å². The average Bonchev–Trinajstić information content (AvgIpc) is 2.59. The zero-order valence-electron chi connectivity index (χ0n) is 9.52. The summed E-state index contributed by atoms with van der Waals surface area (Å²) in [6.45, 7) is 3.33. The van der Waals surface area contributed by atoms with Crippen LogP contribution in [0.15, 0.2) is 27.4 Å². The van der Waals surface area contributed by atoms with Crippen LogP contribution in [-0.2, 0) is 11.2 Å². The highest BCUT2D eigenvalue weighted by molar-refractivity contribution is 7.16. The van der Waals surface area contributed by atoms with Gasteiger partial charge in [0, 0.05) is 0 Å². The number of carboxylic acid groups (broad SMARTS) is 1. The van der Waals surface area contributed by atoms with Gasteiger partial charge in [0.15, 0.2) is 0 Å². The van der Waals surface area contributed by atoms with Gasteiger partial charge in [-0.3, -0.25) is 4.79 Å². The van der Waals surface area contributed by atoms with E-state index < -0.39 is 11.4 Å². The van der Waals surface area contributed by atoms with Gasteiger partial charge >= 0.3 is 10.9 Å². The van der Waals surface area contributed by atoms with E-state index in [9.17, 15) is 9.59 Å². The van der Waals surface area contributed by atoms with Crippen molar-refractivity contribution in [3.05, 3.63) is 33.5 Å². The van der Waals surface area contributed by atoms with Crippen LogP contribution in [0.25, 0.3) is 10.3 Å². The van der Waals surface area contributed by atoms with Gasteiger partial charge in [-0.15, -0.1) is 0 Å². The lowest BCUT2D eigenvalue weighted by molar-refractivity contribution is -0.146. The molecule has 0 atom stereocenters. The molecule has 90 valence electrons. The molecule has 0 aliphatic heterocycles. The Kier molecular flexibility index (Phi) is 2.79. The van der Waals surface area contributed by atoms with Crippen LogP contribution in [0.2, 0.25) is 0 Å². The average molecular weight is 252 g/mol. The SMILES string of the molecule is CC(C)(Cc1cccc2oc(=O)sc12)C(=O)O. The first-order chi connectivity index (χ1) is 7.90. The van der Waals surface area contributed by atoms with E-state index in [1.807, 2.05) is 6.07 Å². The second-order valence-corrected chi connectivity index (χ2v) is 5.51. The van der Waals surface area contributed by atoms with Crippen molar-refractivity contribution >= 4 is 27.6 Å². The third-order valence-corrected chi connectivity index (χ3v) is 3.57. The molecule has 1 aromatic carbocycles. The zero-order chi connectivity index (χ0) is 12.6. The standard InChI is InChI=1S/C12H12O4S/c1-12(2,10(13)14)6-7-4-3-5-8-9(7)17-11(15)16-8/h3-5H,6H2,1-2H3,(H,13,14). The summed E-state index contributed by atoms with van der Waals surface area (Å²) in [5.41, 5.74) is 0.505. The minimum Gasteiger partial charge on any atom is -0.481 e. The van der Waals surface area contributed by atoms with Gasteiger partial charge in [0.05, 0.1) is 10.1 Å². The van der Waals surface area contributed by atoms with Crippen LogP contribution in [0.5, 0.6) is 0 Å². The summed E-state index contributed by atoms with van der Waals surface area (Å²) in [7, 11) is 0. The van der Waals surface area contributed by atoms with Crippen LogP contribution in [0.3, 0.4) is 0 Å². The summed E-state index contributed by atoms with van der Waals surface area (Å²) in [5.74, 6) is -0.856. The van der Waals surface area contributed by atoms with Gasteiger partial charge in [-0.25, -0.2) is 4.79 Å². The second kappa shape index (κ2) is 4.00. The van der Waals surface area contributed by atoms with E-state index in [0.29, 0.717) is 12.0 Å². The number of rotatable bonds is 3. The third kappa shape index (κ3) is 2.24. The predicted octanol–water partition coefficient (Wildman–Crippen LogP) is 2.51. The fourth-order valence-electron chi connectivity index (χ4n) is 1.64. The van der Waals surface area contributed by atoms with E-state index in [0.717, 1.165) is 21.6 Å². The van der Waals surface area contributed by atoms with Crippen molar-refractivity contribution in [3.8, 4) is 0 Å². The molecule has 1 N–H and O–H groups in total. The molecular formula is C12H12O4S. The van der Waals surface area contributed by atoms with Gasteiger partial charge in [-0.05, 0) is 31.9 Å². The molecule has 1 heterocycles. The van der Waals surface area contributed by atoms with Crippen LogP contribution in [-0.4, -0.2) is 11.1 Å². The molecule has 0 fully saturated rings. The first-order valence-electron chi connectivity index (χ1n) is 5.15. The van der Waals surface area contributed by atoms with Crippen molar-refractivity contribution in [1.29, 1.82) is 0 Å². The monoisotopic (exact) mass is 252 g/mol. The number of carbonyl (C=O) groups is 1. The lowest BCUT2D eigenvalue weighted by atomic mass is 9.86. The molecule has 0 bridgehead atoms. The highest BCUT2D eigenvalue weighted by Crippen LogP contribution is 2.28. The first kappa shape index (κ1) is 11.9. The lowest BCUT2D eigenvalue weighted by Crippen LogP contribution is -2.26. The van der Waals surface area contributed by atoms with Gasteiger partial charge in [0.1, 0.15) is 5.58 Å². The summed E-state index contributed by atoms with van der Waals surface area (Å²) in [6.07, 6.45) is 0.370. The molecule has 17 heavy (non-hydrogen) atoms. The van der Waals surface area contributed by atoms with Crippen LogP contribution in [0.1, 0.15) is 19.4 Å². The summed E-state index contributed by atoms with van der Waals surface area (Å²) in [6, 6.07) is 5.31. The Morgan fingerprint density at radius 1 is 1.47 bits per heavy atom. The normalized spacial score (nSPS) is 11.9. The number of hydrogen-bond donors (Lipinski definition) is 1. The van der Waals surface area contributed by atoms with Crippen molar-refractivity contribution < 1.29 is 14.3 Å². The second-order valence-electron chi connectivity index (χ2n) is 4.56. The Hall–Kier alpha value is -1.62. The first-order valence-corrected chi connectivity index (χ1v) is 5.97. The Labute approximate surface area is 102 Å². The molecule has 4 nitrogen and oxygen atoms in total. The fraction of sp³-hybridized carbons (Fsp3) is 0.333.